The van der Waals surface area contributed by atoms with Crippen molar-refractivity contribution in [1.29, 1.82) is 0 Å². The van der Waals surface area contributed by atoms with E-state index in [0.717, 1.165) is 61.3 Å². The highest BCUT2D eigenvalue weighted by molar-refractivity contribution is 5.89. The zero-order valence-corrected chi connectivity index (χ0v) is 13.7. The molecule has 6 heteroatoms. The molecular formula is C16H25N5O. The van der Waals surface area contributed by atoms with E-state index in [9.17, 15) is 5.11 Å². The van der Waals surface area contributed by atoms with Crippen LogP contribution in [0.25, 0.3) is 11.0 Å². The van der Waals surface area contributed by atoms with E-state index in [1.807, 2.05) is 18.7 Å². The Hall–Kier alpha value is -1.69. The summed E-state index contributed by atoms with van der Waals surface area (Å²) in [4.78, 5) is 11.2. The van der Waals surface area contributed by atoms with E-state index in [2.05, 4.69) is 26.9 Å². The van der Waals surface area contributed by atoms with Crippen LogP contribution in [0.4, 0.5) is 5.82 Å². The molecule has 22 heavy (non-hydrogen) atoms. The summed E-state index contributed by atoms with van der Waals surface area (Å²) in [6.07, 6.45) is 5.88. The molecule has 0 amide bonds. The number of hydrogen-bond donors (Lipinski definition) is 1. The Morgan fingerprint density at radius 3 is 2.64 bits per heavy atom. The van der Waals surface area contributed by atoms with Crippen LogP contribution in [0, 0.1) is 12.3 Å². The summed E-state index contributed by atoms with van der Waals surface area (Å²) in [5.41, 5.74) is 1.96. The second-order valence-electron chi connectivity index (χ2n) is 6.50. The van der Waals surface area contributed by atoms with Crippen molar-refractivity contribution in [3.63, 3.8) is 0 Å². The van der Waals surface area contributed by atoms with E-state index >= 15 is 0 Å². The summed E-state index contributed by atoms with van der Waals surface area (Å²) in [6, 6.07) is 0. The van der Waals surface area contributed by atoms with Gasteiger partial charge in [-0.3, -0.25) is 4.68 Å². The fourth-order valence-corrected chi connectivity index (χ4v) is 3.71. The molecule has 3 heterocycles. The van der Waals surface area contributed by atoms with Crippen LogP contribution in [0.3, 0.4) is 0 Å². The molecule has 0 aliphatic carbocycles. The molecule has 6 nitrogen and oxygen atoms in total. The lowest BCUT2D eigenvalue weighted by Crippen LogP contribution is -2.42. The highest BCUT2D eigenvalue weighted by Gasteiger charge is 2.34. The van der Waals surface area contributed by atoms with Crippen LogP contribution < -0.4 is 4.90 Å². The Morgan fingerprint density at radius 2 is 2.00 bits per heavy atom. The quantitative estimate of drug-likeness (QED) is 0.936. The van der Waals surface area contributed by atoms with Crippen LogP contribution in [0.15, 0.2) is 6.33 Å². The van der Waals surface area contributed by atoms with E-state index in [1.54, 1.807) is 6.33 Å². The van der Waals surface area contributed by atoms with Gasteiger partial charge in [-0.15, -0.1) is 0 Å². The zero-order chi connectivity index (χ0) is 15.7. The number of piperidine rings is 1. The Kier molecular flexibility index (Phi) is 4.04. The van der Waals surface area contributed by atoms with Crippen molar-refractivity contribution in [2.45, 2.75) is 39.5 Å². The average Bonchev–Trinajstić information content (AvgIpc) is 2.83. The van der Waals surface area contributed by atoms with E-state index in [-0.39, 0.29) is 5.41 Å². The number of aromatic nitrogens is 4. The van der Waals surface area contributed by atoms with Crippen molar-refractivity contribution in [1.82, 2.24) is 19.7 Å². The molecule has 1 N–H and O–H groups in total. The highest BCUT2D eigenvalue weighted by Crippen LogP contribution is 2.38. The fraction of sp³-hybridized carbons (Fsp3) is 0.688. The molecule has 0 unspecified atom stereocenters. The lowest BCUT2D eigenvalue weighted by Gasteiger charge is -2.41. The molecule has 1 aliphatic rings. The van der Waals surface area contributed by atoms with Gasteiger partial charge in [0.15, 0.2) is 5.65 Å². The summed E-state index contributed by atoms with van der Waals surface area (Å²) >= 11 is 0. The molecule has 2 aromatic heterocycles. The monoisotopic (exact) mass is 303 g/mol. The zero-order valence-electron chi connectivity index (χ0n) is 13.7. The van der Waals surface area contributed by atoms with Crippen molar-refractivity contribution in [2.24, 2.45) is 12.5 Å². The standard InChI is InChI=1S/C16H25N5O/c1-4-5-16(10-22)6-8-21(9-7-16)15-13-12(2)19-20(3)14(13)17-11-18-15/h11,22H,4-10H2,1-3H3. The van der Waals surface area contributed by atoms with Gasteiger partial charge in [0.1, 0.15) is 12.1 Å². The molecule has 0 atom stereocenters. The predicted molar refractivity (Wildman–Crippen MR) is 86.9 cm³/mol. The summed E-state index contributed by atoms with van der Waals surface area (Å²) in [5, 5.41) is 15.3. The summed E-state index contributed by atoms with van der Waals surface area (Å²) in [7, 11) is 1.92. The van der Waals surface area contributed by atoms with Gasteiger partial charge in [0.25, 0.3) is 0 Å². The molecule has 0 aromatic carbocycles. The highest BCUT2D eigenvalue weighted by atomic mass is 16.3. The number of aliphatic hydroxyl groups excluding tert-OH is 1. The van der Waals surface area contributed by atoms with Crippen molar-refractivity contribution in [3.05, 3.63) is 12.0 Å². The van der Waals surface area contributed by atoms with Crippen LogP contribution in [-0.2, 0) is 7.05 Å². The lowest BCUT2D eigenvalue weighted by atomic mass is 9.75. The second kappa shape index (κ2) is 5.83. The lowest BCUT2D eigenvalue weighted by molar-refractivity contribution is 0.0862. The van der Waals surface area contributed by atoms with Crippen molar-refractivity contribution in [2.75, 3.05) is 24.6 Å². The smallest absolute Gasteiger partial charge is 0.163 e. The summed E-state index contributed by atoms with van der Waals surface area (Å²) in [5.74, 6) is 0.985. The van der Waals surface area contributed by atoms with Crippen LogP contribution in [0.2, 0.25) is 0 Å². The number of rotatable bonds is 4. The number of aryl methyl sites for hydroxylation is 2. The van der Waals surface area contributed by atoms with Crippen molar-refractivity contribution >= 4 is 16.9 Å². The van der Waals surface area contributed by atoms with E-state index in [4.69, 9.17) is 0 Å². The maximum absolute atomic E-state index is 9.79. The number of hydrogen-bond acceptors (Lipinski definition) is 5. The minimum Gasteiger partial charge on any atom is -0.396 e. The number of fused-ring (bicyclic) bond motifs is 1. The first kappa shape index (κ1) is 15.2. The van der Waals surface area contributed by atoms with Gasteiger partial charge in [0, 0.05) is 26.7 Å². The van der Waals surface area contributed by atoms with Gasteiger partial charge in [-0.05, 0) is 31.6 Å². The average molecular weight is 303 g/mol. The molecule has 3 rings (SSSR count). The van der Waals surface area contributed by atoms with Gasteiger partial charge in [-0.1, -0.05) is 13.3 Å². The summed E-state index contributed by atoms with van der Waals surface area (Å²) < 4.78 is 1.81. The molecule has 120 valence electrons. The van der Waals surface area contributed by atoms with Gasteiger partial charge < -0.3 is 10.0 Å². The maximum Gasteiger partial charge on any atom is 0.163 e. The molecule has 0 bridgehead atoms. The van der Waals surface area contributed by atoms with Crippen molar-refractivity contribution < 1.29 is 5.11 Å². The molecule has 2 aromatic rings. The minimum absolute atomic E-state index is 0.0986. The van der Waals surface area contributed by atoms with Crippen molar-refractivity contribution in [3.8, 4) is 0 Å². The van der Waals surface area contributed by atoms with Gasteiger partial charge in [0.2, 0.25) is 0 Å². The minimum atomic E-state index is 0.0986. The molecule has 1 saturated heterocycles. The van der Waals surface area contributed by atoms with E-state index in [1.165, 1.54) is 0 Å². The largest absolute Gasteiger partial charge is 0.396 e. The van der Waals surface area contributed by atoms with Gasteiger partial charge in [0.05, 0.1) is 11.1 Å². The van der Waals surface area contributed by atoms with Crippen LogP contribution in [0.5, 0.6) is 0 Å². The third-order valence-corrected chi connectivity index (χ3v) is 5.01. The SMILES string of the molecule is CCCC1(CO)CCN(c2ncnc3c2c(C)nn3C)CC1. The Bertz CT molecular complexity index is 658. The Labute approximate surface area is 131 Å². The Morgan fingerprint density at radius 1 is 1.27 bits per heavy atom. The third-order valence-electron chi connectivity index (χ3n) is 5.01. The molecule has 0 saturated carbocycles. The van der Waals surface area contributed by atoms with E-state index < -0.39 is 0 Å². The topological polar surface area (TPSA) is 67.1 Å². The molecular weight excluding hydrogens is 278 g/mol. The first-order valence-corrected chi connectivity index (χ1v) is 8.10. The maximum atomic E-state index is 9.79. The number of aliphatic hydroxyl groups is 1. The van der Waals surface area contributed by atoms with Gasteiger partial charge in [-0.2, -0.15) is 5.10 Å². The first-order chi connectivity index (χ1) is 10.6. The Balaban J connectivity index is 1.88. The number of anilines is 1. The van der Waals surface area contributed by atoms with Gasteiger partial charge >= 0.3 is 0 Å². The molecule has 1 aliphatic heterocycles. The van der Waals surface area contributed by atoms with Crippen LogP contribution in [0.1, 0.15) is 38.3 Å². The third kappa shape index (κ3) is 2.45. The fourth-order valence-electron chi connectivity index (χ4n) is 3.71. The predicted octanol–water partition coefficient (Wildman–Crippen LogP) is 2.05. The molecule has 0 spiro atoms. The van der Waals surface area contributed by atoms with E-state index in [0.29, 0.717) is 6.61 Å². The van der Waals surface area contributed by atoms with Crippen LogP contribution in [-0.4, -0.2) is 44.6 Å². The molecule has 0 radical (unpaired) electrons. The number of nitrogens with zero attached hydrogens (tertiary/aromatic N) is 5. The normalized spacial score (nSPS) is 18.1. The summed E-state index contributed by atoms with van der Waals surface area (Å²) in [6.45, 7) is 6.35. The first-order valence-electron chi connectivity index (χ1n) is 8.10. The molecule has 1 fully saturated rings. The van der Waals surface area contributed by atoms with Crippen LogP contribution >= 0.6 is 0 Å². The second-order valence-corrected chi connectivity index (χ2v) is 6.50. The van der Waals surface area contributed by atoms with Gasteiger partial charge in [-0.25, -0.2) is 9.97 Å².